The van der Waals surface area contributed by atoms with Crippen molar-refractivity contribution in [3.63, 3.8) is 0 Å². The van der Waals surface area contributed by atoms with E-state index in [1.165, 1.54) is 24.0 Å². The summed E-state index contributed by atoms with van der Waals surface area (Å²) in [6, 6.07) is 8.87. The van der Waals surface area contributed by atoms with E-state index in [2.05, 4.69) is 20.9 Å². The number of thioether (sulfide) groups is 1. The maximum absolute atomic E-state index is 11.2. The monoisotopic (exact) mass is 339 g/mol. The van der Waals surface area contributed by atoms with Gasteiger partial charge in [-0.25, -0.2) is 9.78 Å². The Kier molecular flexibility index (Phi) is 4.44. The summed E-state index contributed by atoms with van der Waals surface area (Å²) in [5.41, 5.74) is 0.0188. The molecule has 0 amide bonds. The Labute approximate surface area is 122 Å². The quantitative estimate of drug-likeness (QED) is 0.851. The van der Waals surface area contributed by atoms with Crippen LogP contribution in [-0.4, -0.2) is 22.3 Å². The summed E-state index contributed by atoms with van der Waals surface area (Å²) < 4.78 is 6.21. The zero-order chi connectivity index (χ0) is 13.8. The van der Waals surface area contributed by atoms with E-state index in [1.54, 1.807) is 6.07 Å². The molecule has 0 atom stereocenters. The number of ether oxygens (including phenoxy) is 1. The number of carboxylic acids is 1. The van der Waals surface area contributed by atoms with Crippen LogP contribution < -0.4 is 4.74 Å². The predicted molar refractivity (Wildman–Crippen MR) is 77.2 cm³/mol. The van der Waals surface area contributed by atoms with E-state index in [-0.39, 0.29) is 11.4 Å². The molecule has 2 rings (SSSR count). The molecule has 0 spiro atoms. The average Bonchev–Trinajstić information content (AvgIpc) is 2.41. The minimum Gasteiger partial charge on any atom is -0.477 e. The van der Waals surface area contributed by atoms with E-state index in [0.29, 0.717) is 10.2 Å². The van der Waals surface area contributed by atoms with Gasteiger partial charge in [0.15, 0.2) is 0 Å². The second kappa shape index (κ2) is 6.08. The van der Waals surface area contributed by atoms with Gasteiger partial charge in [-0.2, -0.15) is 0 Å². The summed E-state index contributed by atoms with van der Waals surface area (Å²) in [6.07, 6.45) is 3.43. The fourth-order valence-electron chi connectivity index (χ4n) is 1.47. The normalized spacial score (nSPS) is 10.2. The van der Waals surface area contributed by atoms with Crippen LogP contribution in [0.5, 0.6) is 11.6 Å². The van der Waals surface area contributed by atoms with Crippen molar-refractivity contribution >= 4 is 33.7 Å². The summed E-state index contributed by atoms with van der Waals surface area (Å²) in [6.45, 7) is 0. The van der Waals surface area contributed by atoms with Crippen LogP contribution >= 0.6 is 27.7 Å². The summed E-state index contributed by atoms with van der Waals surface area (Å²) in [5, 5.41) is 9.15. The third kappa shape index (κ3) is 3.27. The number of aromatic nitrogens is 1. The van der Waals surface area contributed by atoms with Crippen molar-refractivity contribution in [3.8, 4) is 11.6 Å². The zero-order valence-electron chi connectivity index (χ0n) is 9.96. The van der Waals surface area contributed by atoms with Gasteiger partial charge < -0.3 is 9.84 Å². The Bertz CT molecular complexity index is 619. The highest BCUT2D eigenvalue weighted by Gasteiger charge is 2.15. The van der Waals surface area contributed by atoms with Crippen molar-refractivity contribution in [2.75, 3.05) is 6.26 Å². The van der Waals surface area contributed by atoms with Crippen LogP contribution in [0.4, 0.5) is 0 Å². The molecule has 1 heterocycles. The van der Waals surface area contributed by atoms with Crippen LogP contribution in [0.25, 0.3) is 0 Å². The summed E-state index contributed by atoms with van der Waals surface area (Å²) in [7, 11) is 0. The van der Waals surface area contributed by atoms with Crippen molar-refractivity contribution in [1.82, 2.24) is 4.98 Å². The van der Waals surface area contributed by atoms with E-state index in [9.17, 15) is 4.79 Å². The van der Waals surface area contributed by atoms with Crippen molar-refractivity contribution in [1.29, 1.82) is 0 Å². The van der Waals surface area contributed by atoms with Crippen LogP contribution in [0.3, 0.4) is 0 Å². The molecule has 0 unspecified atom stereocenters. The molecule has 2 aromatic rings. The minimum atomic E-state index is -1.08. The average molecular weight is 340 g/mol. The first-order valence-electron chi connectivity index (χ1n) is 5.31. The fourth-order valence-corrected chi connectivity index (χ4v) is 2.33. The number of hydrogen-bond acceptors (Lipinski definition) is 4. The molecular weight excluding hydrogens is 330 g/mol. The van der Waals surface area contributed by atoms with Gasteiger partial charge >= 0.3 is 5.97 Å². The highest BCUT2D eigenvalue weighted by Crippen LogP contribution is 2.32. The number of rotatable bonds is 4. The number of aromatic carboxylic acids is 1. The molecule has 98 valence electrons. The highest BCUT2D eigenvalue weighted by molar-refractivity contribution is 9.10. The molecule has 0 fully saturated rings. The van der Waals surface area contributed by atoms with Crippen molar-refractivity contribution in [3.05, 3.63) is 46.6 Å². The third-order valence-corrected chi connectivity index (χ3v) is 3.53. The van der Waals surface area contributed by atoms with E-state index in [1.807, 2.05) is 24.5 Å². The zero-order valence-corrected chi connectivity index (χ0v) is 12.4. The van der Waals surface area contributed by atoms with E-state index in [0.717, 1.165) is 4.90 Å². The Morgan fingerprint density at radius 1 is 1.42 bits per heavy atom. The van der Waals surface area contributed by atoms with Crippen LogP contribution in [-0.2, 0) is 0 Å². The second-order valence-corrected chi connectivity index (χ2v) is 5.33. The van der Waals surface area contributed by atoms with Gasteiger partial charge in [0.1, 0.15) is 11.3 Å². The third-order valence-electron chi connectivity index (χ3n) is 2.32. The van der Waals surface area contributed by atoms with Gasteiger partial charge in [-0.1, -0.05) is 12.1 Å². The molecule has 1 aromatic carbocycles. The van der Waals surface area contributed by atoms with E-state index >= 15 is 0 Å². The molecule has 0 aliphatic heterocycles. The predicted octanol–water partition coefficient (Wildman–Crippen LogP) is 4.06. The largest absolute Gasteiger partial charge is 0.477 e. The molecule has 6 heteroatoms. The molecule has 0 bridgehead atoms. The fraction of sp³-hybridized carbons (Fsp3) is 0.0769. The van der Waals surface area contributed by atoms with Crippen LogP contribution in [0.15, 0.2) is 45.9 Å². The molecule has 0 saturated carbocycles. The number of nitrogens with zero attached hydrogens (tertiary/aromatic N) is 1. The molecule has 0 saturated heterocycles. The van der Waals surface area contributed by atoms with Gasteiger partial charge in [-0.05, 0) is 40.4 Å². The van der Waals surface area contributed by atoms with Gasteiger partial charge in [-0.15, -0.1) is 11.8 Å². The number of benzene rings is 1. The molecule has 1 aromatic heterocycles. The Balaban J connectivity index is 2.41. The molecule has 0 radical (unpaired) electrons. The van der Waals surface area contributed by atoms with Gasteiger partial charge in [-0.3, -0.25) is 0 Å². The Morgan fingerprint density at radius 3 is 2.84 bits per heavy atom. The lowest BCUT2D eigenvalue weighted by atomic mass is 10.3. The van der Waals surface area contributed by atoms with E-state index in [4.69, 9.17) is 9.84 Å². The number of hydrogen-bond donors (Lipinski definition) is 1. The lowest BCUT2D eigenvalue weighted by Crippen LogP contribution is -2.02. The van der Waals surface area contributed by atoms with Gasteiger partial charge in [0.25, 0.3) is 0 Å². The standard InChI is InChI=1S/C13H10BrNO3S/c1-19-11-5-3-2-4-10(11)18-12-9(13(16)17)6-8(14)7-15-12/h2-7H,1H3,(H,16,17). The van der Waals surface area contributed by atoms with Crippen molar-refractivity contribution in [2.45, 2.75) is 4.90 Å². The smallest absolute Gasteiger partial charge is 0.341 e. The maximum Gasteiger partial charge on any atom is 0.341 e. The summed E-state index contributed by atoms with van der Waals surface area (Å²) in [5.74, 6) is -0.407. The Hall–Kier alpha value is -1.53. The topological polar surface area (TPSA) is 59.4 Å². The number of para-hydroxylation sites is 1. The summed E-state index contributed by atoms with van der Waals surface area (Å²) in [4.78, 5) is 16.1. The van der Waals surface area contributed by atoms with Crippen molar-refractivity contribution in [2.24, 2.45) is 0 Å². The van der Waals surface area contributed by atoms with Gasteiger partial charge in [0, 0.05) is 15.6 Å². The van der Waals surface area contributed by atoms with Gasteiger partial charge in [0.2, 0.25) is 5.88 Å². The first-order valence-corrected chi connectivity index (χ1v) is 7.33. The first-order chi connectivity index (χ1) is 9.11. The van der Waals surface area contributed by atoms with Gasteiger partial charge in [0.05, 0.1) is 0 Å². The second-order valence-electron chi connectivity index (χ2n) is 3.56. The number of carbonyl (C=O) groups is 1. The van der Waals surface area contributed by atoms with E-state index < -0.39 is 5.97 Å². The molecule has 0 aliphatic rings. The molecule has 0 aliphatic carbocycles. The number of pyridine rings is 1. The number of halogens is 1. The molecule has 1 N–H and O–H groups in total. The minimum absolute atomic E-state index is 0.0188. The first kappa shape index (κ1) is 13.9. The molecule has 19 heavy (non-hydrogen) atoms. The summed E-state index contributed by atoms with van der Waals surface area (Å²) >= 11 is 4.72. The molecule has 4 nitrogen and oxygen atoms in total. The van der Waals surface area contributed by atoms with Crippen LogP contribution in [0.1, 0.15) is 10.4 Å². The number of carboxylic acid groups (broad SMARTS) is 1. The van der Waals surface area contributed by atoms with Crippen LogP contribution in [0, 0.1) is 0 Å². The van der Waals surface area contributed by atoms with Crippen LogP contribution in [0.2, 0.25) is 0 Å². The molecular formula is C13H10BrNO3S. The Morgan fingerprint density at radius 2 is 2.16 bits per heavy atom. The maximum atomic E-state index is 11.2. The highest BCUT2D eigenvalue weighted by atomic mass is 79.9. The lowest BCUT2D eigenvalue weighted by molar-refractivity contribution is 0.0693. The SMILES string of the molecule is CSc1ccccc1Oc1ncc(Br)cc1C(=O)O. The lowest BCUT2D eigenvalue weighted by Gasteiger charge is -2.10. The van der Waals surface area contributed by atoms with Crippen molar-refractivity contribution < 1.29 is 14.6 Å².